The molecule has 15 heavy (non-hydrogen) atoms. The minimum absolute atomic E-state index is 0.0980. The lowest BCUT2D eigenvalue weighted by molar-refractivity contribution is -0.0328. The smallest absolute Gasteiger partial charge is 0.314 e. The van der Waals surface area contributed by atoms with Crippen LogP contribution < -0.4 is 5.32 Å². The van der Waals surface area contributed by atoms with Crippen LogP contribution in [0.2, 0.25) is 0 Å². The third kappa shape index (κ3) is 6.30. The zero-order chi connectivity index (χ0) is 11.3. The fourth-order valence-corrected chi connectivity index (χ4v) is 2.30. The van der Waals surface area contributed by atoms with Crippen LogP contribution in [0.25, 0.3) is 0 Å². The van der Waals surface area contributed by atoms with Crippen LogP contribution in [0.1, 0.15) is 32.6 Å². The van der Waals surface area contributed by atoms with E-state index in [9.17, 15) is 13.2 Å². The molecule has 1 N–H and O–H groups in total. The highest BCUT2D eigenvalue weighted by Gasteiger charge is 2.31. The Morgan fingerprint density at radius 1 is 1.40 bits per heavy atom. The van der Waals surface area contributed by atoms with E-state index in [1.54, 1.807) is 0 Å². The first-order valence-electron chi connectivity index (χ1n) is 5.47. The molecule has 1 fully saturated rings. The summed E-state index contributed by atoms with van der Waals surface area (Å²) in [5, 5.41) is 3.35. The van der Waals surface area contributed by atoms with Crippen molar-refractivity contribution in [2.75, 3.05) is 12.3 Å². The molecule has 0 radical (unpaired) electrons. The van der Waals surface area contributed by atoms with E-state index in [0.29, 0.717) is 12.5 Å². The summed E-state index contributed by atoms with van der Waals surface area (Å²) in [7, 11) is 0. The van der Waals surface area contributed by atoms with E-state index < -0.39 is 5.51 Å². The highest BCUT2D eigenvalue weighted by atomic mass is 32.2. The molecule has 0 spiro atoms. The molecule has 90 valence electrons. The predicted molar refractivity (Wildman–Crippen MR) is 57.9 cm³/mol. The lowest BCUT2D eigenvalue weighted by atomic mass is 10.1. The van der Waals surface area contributed by atoms with Gasteiger partial charge < -0.3 is 5.32 Å². The molecule has 1 atom stereocenters. The third-order valence-corrected chi connectivity index (χ3v) is 3.40. The highest BCUT2D eigenvalue weighted by Crippen LogP contribution is 2.35. The second kappa shape index (κ2) is 5.99. The Morgan fingerprint density at radius 3 is 2.53 bits per heavy atom. The Bertz CT molecular complexity index is 180. The molecule has 1 aliphatic carbocycles. The van der Waals surface area contributed by atoms with Crippen LogP contribution >= 0.6 is 11.8 Å². The second-order valence-corrected chi connectivity index (χ2v) is 5.10. The second-order valence-electron chi connectivity index (χ2n) is 3.94. The van der Waals surface area contributed by atoms with Gasteiger partial charge in [0.2, 0.25) is 0 Å². The average molecular weight is 241 g/mol. The molecular formula is C10H18F3NS. The van der Waals surface area contributed by atoms with Crippen molar-refractivity contribution in [3.63, 3.8) is 0 Å². The summed E-state index contributed by atoms with van der Waals surface area (Å²) in [6.45, 7) is 2.95. The van der Waals surface area contributed by atoms with E-state index in [4.69, 9.17) is 0 Å². The zero-order valence-electron chi connectivity index (χ0n) is 8.94. The molecule has 1 rings (SSSR count). The summed E-state index contributed by atoms with van der Waals surface area (Å²) in [6, 6.07) is 0.448. The van der Waals surface area contributed by atoms with Gasteiger partial charge in [-0.05, 0) is 38.1 Å². The number of alkyl halides is 3. The Morgan fingerprint density at radius 2 is 2.07 bits per heavy atom. The topological polar surface area (TPSA) is 12.0 Å². The van der Waals surface area contributed by atoms with Gasteiger partial charge in [-0.2, -0.15) is 13.2 Å². The molecule has 0 aromatic rings. The normalized spacial score (nSPS) is 19.2. The number of nitrogens with one attached hydrogen (secondary N) is 1. The third-order valence-electron chi connectivity index (χ3n) is 2.58. The Balaban J connectivity index is 2.06. The standard InChI is InChI=1S/C10H18F3NS/c1-2-14-9(8-5-6-8)4-3-7-15-10(11,12)13/h8-9,14H,2-7H2,1H3. The van der Waals surface area contributed by atoms with Gasteiger partial charge in [0, 0.05) is 11.8 Å². The van der Waals surface area contributed by atoms with Crippen LogP contribution in [0.3, 0.4) is 0 Å². The van der Waals surface area contributed by atoms with Crippen LogP contribution in [0, 0.1) is 5.92 Å². The van der Waals surface area contributed by atoms with Crippen molar-refractivity contribution in [1.82, 2.24) is 5.32 Å². The van der Waals surface area contributed by atoms with Gasteiger partial charge in [-0.1, -0.05) is 18.7 Å². The van der Waals surface area contributed by atoms with E-state index in [1.807, 2.05) is 6.92 Å². The van der Waals surface area contributed by atoms with E-state index >= 15 is 0 Å². The molecule has 1 saturated carbocycles. The van der Waals surface area contributed by atoms with Gasteiger partial charge in [-0.15, -0.1) is 0 Å². The summed E-state index contributed by atoms with van der Waals surface area (Å²) in [6.07, 6.45) is 4.01. The Labute approximate surface area is 93.2 Å². The molecule has 0 saturated heterocycles. The summed E-state index contributed by atoms with van der Waals surface area (Å²) >= 11 is 0.0980. The first-order valence-corrected chi connectivity index (χ1v) is 6.45. The van der Waals surface area contributed by atoms with Gasteiger partial charge in [0.1, 0.15) is 0 Å². The molecule has 0 heterocycles. The lowest BCUT2D eigenvalue weighted by Gasteiger charge is -2.16. The van der Waals surface area contributed by atoms with Crippen molar-refractivity contribution < 1.29 is 13.2 Å². The van der Waals surface area contributed by atoms with E-state index in [0.717, 1.165) is 18.9 Å². The summed E-state index contributed by atoms with van der Waals surface area (Å²) in [4.78, 5) is 0. The molecule has 0 aromatic carbocycles. The number of thioether (sulfide) groups is 1. The average Bonchev–Trinajstić information content (AvgIpc) is 2.91. The van der Waals surface area contributed by atoms with Crippen LogP contribution in [0.4, 0.5) is 13.2 Å². The quantitative estimate of drug-likeness (QED) is 0.685. The van der Waals surface area contributed by atoms with Crippen molar-refractivity contribution in [2.24, 2.45) is 5.92 Å². The minimum Gasteiger partial charge on any atom is -0.314 e. The van der Waals surface area contributed by atoms with E-state index in [2.05, 4.69) is 5.32 Å². The molecule has 5 heteroatoms. The van der Waals surface area contributed by atoms with Crippen molar-refractivity contribution >= 4 is 11.8 Å². The molecule has 0 amide bonds. The maximum Gasteiger partial charge on any atom is 0.441 e. The van der Waals surface area contributed by atoms with Gasteiger partial charge in [0.15, 0.2) is 0 Å². The van der Waals surface area contributed by atoms with Crippen molar-refractivity contribution in [3.05, 3.63) is 0 Å². The molecule has 0 aliphatic heterocycles. The summed E-state index contributed by atoms with van der Waals surface area (Å²) < 4.78 is 35.5. The fraction of sp³-hybridized carbons (Fsp3) is 1.00. The Kier molecular flexibility index (Phi) is 5.26. The Hall–Kier alpha value is 0.100. The van der Waals surface area contributed by atoms with Crippen LogP contribution in [0.15, 0.2) is 0 Å². The SMILES string of the molecule is CCNC(CCCSC(F)(F)F)C1CC1. The van der Waals surface area contributed by atoms with E-state index in [1.165, 1.54) is 12.8 Å². The molecular weight excluding hydrogens is 223 g/mol. The zero-order valence-corrected chi connectivity index (χ0v) is 9.76. The van der Waals surface area contributed by atoms with Crippen molar-refractivity contribution in [1.29, 1.82) is 0 Å². The summed E-state index contributed by atoms with van der Waals surface area (Å²) in [5.41, 5.74) is -4.06. The molecule has 0 aromatic heterocycles. The number of halogens is 3. The van der Waals surface area contributed by atoms with Gasteiger partial charge in [-0.3, -0.25) is 0 Å². The van der Waals surface area contributed by atoms with E-state index in [-0.39, 0.29) is 17.5 Å². The monoisotopic (exact) mass is 241 g/mol. The first-order chi connectivity index (χ1) is 7.03. The van der Waals surface area contributed by atoms with Crippen molar-refractivity contribution in [3.8, 4) is 0 Å². The summed E-state index contributed by atoms with van der Waals surface area (Å²) in [5.74, 6) is 0.916. The maximum absolute atomic E-state index is 11.8. The largest absolute Gasteiger partial charge is 0.441 e. The molecule has 0 bridgehead atoms. The first kappa shape index (κ1) is 13.2. The lowest BCUT2D eigenvalue weighted by Crippen LogP contribution is -2.30. The predicted octanol–water partition coefficient (Wildman–Crippen LogP) is 3.41. The van der Waals surface area contributed by atoms with Gasteiger partial charge in [-0.25, -0.2) is 0 Å². The van der Waals surface area contributed by atoms with Gasteiger partial charge in [0.25, 0.3) is 0 Å². The van der Waals surface area contributed by atoms with Gasteiger partial charge >= 0.3 is 5.51 Å². The molecule has 1 nitrogen and oxygen atoms in total. The fourth-order valence-electron chi connectivity index (χ4n) is 1.76. The number of rotatable bonds is 7. The van der Waals surface area contributed by atoms with Crippen LogP contribution in [-0.2, 0) is 0 Å². The number of hydrogen-bond donors (Lipinski definition) is 1. The maximum atomic E-state index is 11.8. The van der Waals surface area contributed by atoms with Crippen LogP contribution in [0.5, 0.6) is 0 Å². The van der Waals surface area contributed by atoms with Crippen LogP contribution in [-0.4, -0.2) is 23.8 Å². The molecule has 1 aliphatic rings. The number of hydrogen-bond acceptors (Lipinski definition) is 2. The molecule has 1 unspecified atom stereocenters. The minimum atomic E-state index is -4.06. The van der Waals surface area contributed by atoms with Gasteiger partial charge in [0.05, 0.1) is 0 Å². The highest BCUT2D eigenvalue weighted by molar-refractivity contribution is 8.00. The van der Waals surface area contributed by atoms with Crippen molar-refractivity contribution in [2.45, 2.75) is 44.2 Å².